The third-order valence-electron chi connectivity index (χ3n) is 1.42. The molecule has 3 heteroatoms. The molecular formula is C8H11NS2. The molecule has 1 heterocycles. The van der Waals surface area contributed by atoms with Crippen molar-refractivity contribution in [3.63, 3.8) is 0 Å². The molecule has 0 bridgehead atoms. The lowest BCUT2D eigenvalue weighted by Crippen LogP contribution is -1.88. The summed E-state index contributed by atoms with van der Waals surface area (Å²) in [7, 11) is 0. The average molecular weight is 185 g/mol. The molecule has 11 heavy (non-hydrogen) atoms. The van der Waals surface area contributed by atoms with E-state index in [-0.39, 0.29) is 5.25 Å². The minimum Gasteiger partial charge on any atom is -0.259 e. The van der Waals surface area contributed by atoms with Gasteiger partial charge in [-0.15, -0.1) is 11.8 Å². The summed E-state index contributed by atoms with van der Waals surface area (Å²) in [5.41, 5.74) is 1.03. The van der Waals surface area contributed by atoms with Crippen LogP contribution in [0, 0.1) is 0 Å². The maximum atomic E-state index is 4.28. The van der Waals surface area contributed by atoms with Crippen LogP contribution in [0.15, 0.2) is 23.2 Å². The summed E-state index contributed by atoms with van der Waals surface area (Å²) in [5.74, 6) is 0. The number of thiol groups is 1. The Bertz CT molecular complexity index is 218. The van der Waals surface area contributed by atoms with Crippen molar-refractivity contribution in [2.75, 3.05) is 6.26 Å². The van der Waals surface area contributed by atoms with Crippen LogP contribution in [0.3, 0.4) is 0 Å². The van der Waals surface area contributed by atoms with Crippen LogP contribution in [0.25, 0.3) is 0 Å². The van der Waals surface area contributed by atoms with Gasteiger partial charge in [0.2, 0.25) is 0 Å². The van der Waals surface area contributed by atoms with Crippen LogP contribution < -0.4 is 0 Å². The average Bonchev–Trinajstić information content (AvgIpc) is 2.05. The van der Waals surface area contributed by atoms with Crippen molar-refractivity contribution < 1.29 is 0 Å². The Hall–Kier alpha value is -0.150. The predicted octanol–water partition coefficient (Wildman–Crippen LogP) is 2.79. The first-order valence-corrected chi connectivity index (χ1v) is 5.16. The van der Waals surface area contributed by atoms with Crippen LogP contribution in [0.1, 0.15) is 17.9 Å². The molecule has 0 N–H and O–H groups in total. The first kappa shape index (κ1) is 8.94. The van der Waals surface area contributed by atoms with E-state index in [4.69, 9.17) is 0 Å². The van der Waals surface area contributed by atoms with Crippen LogP contribution in [0.5, 0.6) is 0 Å². The molecule has 0 fully saturated rings. The van der Waals surface area contributed by atoms with Crippen molar-refractivity contribution in [1.82, 2.24) is 4.98 Å². The number of pyridine rings is 1. The highest BCUT2D eigenvalue weighted by Gasteiger charge is 1.99. The van der Waals surface area contributed by atoms with E-state index in [2.05, 4.69) is 23.7 Å². The van der Waals surface area contributed by atoms with Crippen molar-refractivity contribution in [2.24, 2.45) is 0 Å². The fraction of sp³-hybridized carbons (Fsp3) is 0.375. The molecule has 0 radical (unpaired) electrons. The highest BCUT2D eigenvalue weighted by atomic mass is 32.2. The quantitative estimate of drug-likeness (QED) is 0.562. The fourth-order valence-corrected chi connectivity index (χ4v) is 1.27. The van der Waals surface area contributed by atoms with Crippen molar-refractivity contribution in [1.29, 1.82) is 0 Å². The van der Waals surface area contributed by atoms with Gasteiger partial charge in [0.25, 0.3) is 0 Å². The maximum Gasteiger partial charge on any atom is 0.0529 e. The van der Waals surface area contributed by atoms with Gasteiger partial charge < -0.3 is 0 Å². The van der Waals surface area contributed by atoms with Crippen LogP contribution in [0.4, 0.5) is 0 Å². The predicted molar refractivity (Wildman–Crippen MR) is 53.4 cm³/mol. The Kier molecular flexibility index (Phi) is 3.27. The number of hydrogen-bond donors (Lipinski definition) is 1. The monoisotopic (exact) mass is 185 g/mol. The highest BCUT2D eigenvalue weighted by molar-refractivity contribution is 7.98. The number of nitrogens with zero attached hydrogens (tertiary/aromatic N) is 1. The molecule has 0 amide bonds. The summed E-state index contributed by atoms with van der Waals surface area (Å²) in [6, 6.07) is 4.09. The van der Waals surface area contributed by atoms with Crippen LogP contribution >= 0.6 is 24.4 Å². The van der Waals surface area contributed by atoms with E-state index in [1.54, 1.807) is 11.8 Å². The number of hydrogen-bond acceptors (Lipinski definition) is 3. The minimum atomic E-state index is 0.228. The van der Waals surface area contributed by atoms with Gasteiger partial charge >= 0.3 is 0 Å². The Balaban J connectivity index is 2.83. The zero-order valence-electron chi connectivity index (χ0n) is 6.61. The molecule has 1 rings (SSSR count). The molecule has 0 saturated heterocycles. The van der Waals surface area contributed by atoms with Crippen molar-refractivity contribution in [2.45, 2.75) is 17.1 Å². The van der Waals surface area contributed by atoms with Gasteiger partial charge in [-0.05, 0) is 25.3 Å². The molecule has 1 aromatic rings. The van der Waals surface area contributed by atoms with Crippen molar-refractivity contribution >= 4 is 24.4 Å². The summed E-state index contributed by atoms with van der Waals surface area (Å²) >= 11 is 5.98. The maximum absolute atomic E-state index is 4.28. The van der Waals surface area contributed by atoms with Gasteiger partial charge in [-0.3, -0.25) is 4.98 Å². The van der Waals surface area contributed by atoms with Gasteiger partial charge in [0.15, 0.2) is 0 Å². The van der Waals surface area contributed by atoms with E-state index >= 15 is 0 Å². The van der Waals surface area contributed by atoms with Crippen LogP contribution in [0.2, 0.25) is 0 Å². The van der Waals surface area contributed by atoms with Gasteiger partial charge in [0.1, 0.15) is 0 Å². The third kappa shape index (κ3) is 2.42. The van der Waals surface area contributed by atoms with Crippen LogP contribution in [-0.2, 0) is 0 Å². The van der Waals surface area contributed by atoms with Gasteiger partial charge in [-0.1, -0.05) is 0 Å². The summed E-state index contributed by atoms with van der Waals surface area (Å²) < 4.78 is 0. The number of rotatable bonds is 2. The van der Waals surface area contributed by atoms with E-state index in [0.29, 0.717) is 0 Å². The molecule has 0 aliphatic heterocycles. The van der Waals surface area contributed by atoms with E-state index in [0.717, 1.165) is 5.69 Å². The molecule has 1 unspecified atom stereocenters. The van der Waals surface area contributed by atoms with Gasteiger partial charge in [0, 0.05) is 16.3 Å². The molecule has 1 atom stereocenters. The fourth-order valence-electron chi connectivity index (χ4n) is 0.760. The van der Waals surface area contributed by atoms with Crippen molar-refractivity contribution in [3.8, 4) is 0 Å². The normalized spacial score (nSPS) is 13.0. The lowest BCUT2D eigenvalue weighted by atomic mass is 10.3. The van der Waals surface area contributed by atoms with Gasteiger partial charge in [0.05, 0.1) is 5.69 Å². The van der Waals surface area contributed by atoms with Crippen molar-refractivity contribution in [3.05, 3.63) is 24.0 Å². The zero-order valence-corrected chi connectivity index (χ0v) is 8.32. The second-order valence-electron chi connectivity index (χ2n) is 2.30. The minimum absolute atomic E-state index is 0.228. The van der Waals surface area contributed by atoms with Crippen LogP contribution in [-0.4, -0.2) is 11.2 Å². The number of aromatic nitrogens is 1. The van der Waals surface area contributed by atoms with E-state index in [1.165, 1.54) is 4.90 Å². The molecule has 0 aliphatic carbocycles. The summed E-state index contributed by atoms with van der Waals surface area (Å²) in [4.78, 5) is 5.45. The second-order valence-corrected chi connectivity index (χ2v) is 3.95. The topological polar surface area (TPSA) is 12.9 Å². The summed E-state index contributed by atoms with van der Waals surface area (Å²) in [6.07, 6.45) is 3.92. The molecule has 1 nitrogen and oxygen atoms in total. The molecular weight excluding hydrogens is 174 g/mol. The molecule has 0 aliphatic rings. The molecule has 0 aromatic carbocycles. The molecule has 0 spiro atoms. The first-order chi connectivity index (χ1) is 5.24. The van der Waals surface area contributed by atoms with E-state index < -0.39 is 0 Å². The lowest BCUT2D eigenvalue weighted by Gasteiger charge is -2.02. The lowest BCUT2D eigenvalue weighted by molar-refractivity contribution is 0.999. The Labute approximate surface area is 77.0 Å². The molecule has 1 aromatic heterocycles. The summed E-state index contributed by atoms with van der Waals surface area (Å²) in [6.45, 7) is 2.02. The standard InChI is InChI=1S/C8H11NS2/c1-6(10)8-4-3-7(11-2)5-9-8/h3-6,10H,1-2H3. The zero-order chi connectivity index (χ0) is 8.27. The molecule has 60 valence electrons. The van der Waals surface area contributed by atoms with E-state index in [1.807, 2.05) is 25.4 Å². The molecule has 0 saturated carbocycles. The Morgan fingerprint density at radius 3 is 2.64 bits per heavy atom. The smallest absolute Gasteiger partial charge is 0.0529 e. The second kappa shape index (κ2) is 4.02. The van der Waals surface area contributed by atoms with Gasteiger partial charge in [-0.25, -0.2) is 0 Å². The SMILES string of the molecule is CSc1ccc(C(C)S)nc1. The van der Waals surface area contributed by atoms with Gasteiger partial charge in [-0.2, -0.15) is 12.6 Å². The van der Waals surface area contributed by atoms with E-state index in [9.17, 15) is 0 Å². The first-order valence-electron chi connectivity index (χ1n) is 3.42. The third-order valence-corrected chi connectivity index (χ3v) is 2.40. The Morgan fingerprint density at radius 2 is 2.27 bits per heavy atom. The Morgan fingerprint density at radius 1 is 1.55 bits per heavy atom. The highest BCUT2D eigenvalue weighted by Crippen LogP contribution is 2.19. The summed E-state index contributed by atoms with van der Waals surface area (Å²) in [5, 5.41) is 0.228. The number of thioether (sulfide) groups is 1. The largest absolute Gasteiger partial charge is 0.259 e.